The fraction of sp³-hybridized carbons (Fsp3) is 0.804. The smallest absolute Gasteiger partial charge is 0.224 e. The zero-order valence-corrected chi connectivity index (χ0v) is 44.8. The molecule has 17 atom stereocenters. The molecule has 3 saturated heterocycles. The first-order valence-electron chi connectivity index (χ1n) is 28.0. The summed E-state index contributed by atoms with van der Waals surface area (Å²) < 4.78 is 34.2. The Labute approximate surface area is 445 Å². The van der Waals surface area contributed by atoms with Crippen LogP contribution in [0.4, 0.5) is 0 Å². The molecule has 1 amide bonds. The second-order valence-electron chi connectivity index (χ2n) is 20.0. The van der Waals surface area contributed by atoms with Crippen molar-refractivity contribution in [1.82, 2.24) is 5.32 Å². The van der Waals surface area contributed by atoms with E-state index in [9.17, 15) is 61.0 Å². The average Bonchev–Trinajstić information content (AvgIpc) is 3.41. The number of hydrogen-bond donors (Lipinski definition) is 12. The number of carbonyl (C=O) groups excluding carboxylic acids is 1. The highest BCUT2D eigenvalue weighted by atomic mass is 16.8. The predicted molar refractivity (Wildman–Crippen MR) is 282 cm³/mol. The molecule has 0 radical (unpaired) electrons. The summed E-state index contributed by atoms with van der Waals surface area (Å²) in [5.41, 5.74) is 0. The maximum absolute atomic E-state index is 13.2. The molecule has 0 bridgehead atoms. The number of unbranched alkanes of at least 4 members (excludes halogenated alkanes) is 14. The molecule has 75 heavy (non-hydrogen) atoms. The van der Waals surface area contributed by atoms with Gasteiger partial charge in [0, 0.05) is 6.42 Å². The van der Waals surface area contributed by atoms with Crippen LogP contribution in [0.25, 0.3) is 0 Å². The van der Waals surface area contributed by atoms with E-state index in [1.54, 1.807) is 6.08 Å². The topological polar surface area (TPSA) is 307 Å². The SMILES string of the molecule is CC/C=C\C/C=C\C/C=C\C/C=C\C/C=C\CC(=O)NC(COC1OC(CO)C(OC2OC(CO)C(OC3OC(CO)C(O)C(O)C3O)C(O)C2O)C(O)C1O)C(O)CCCCCCCCCCCCCCCCC. The van der Waals surface area contributed by atoms with Crippen molar-refractivity contribution < 1.29 is 89.4 Å². The van der Waals surface area contributed by atoms with Crippen LogP contribution in [0.5, 0.6) is 0 Å². The fourth-order valence-corrected chi connectivity index (χ4v) is 9.26. The van der Waals surface area contributed by atoms with Gasteiger partial charge in [-0.1, -0.05) is 171 Å². The lowest BCUT2D eigenvalue weighted by atomic mass is 9.96. The summed E-state index contributed by atoms with van der Waals surface area (Å²) in [6.07, 6.45) is 16.3. The van der Waals surface area contributed by atoms with Gasteiger partial charge in [0.05, 0.1) is 38.6 Å². The largest absolute Gasteiger partial charge is 0.394 e. The standard InChI is InChI=1S/C56H97NO18/c1-3-5-7-9-11-13-15-17-19-21-23-25-27-29-31-33-40(61)39(57-44(62)34-32-30-28-26-24-22-20-18-16-14-12-10-8-6-4-2)38-70-54-50(68)47(65)52(42(36-59)72-54)75-56-51(69)48(66)53(43(37-60)73-56)74-55-49(67)46(64)45(63)41(35-58)71-55/h6,8,12,14,18,20,24,26,30,32,39-43,45-56,58-61,63-69H,3-5,7,9-11,13,15-17,19,21-23,25,27-29,31,33-38H2,1-2H3,(H,57,62)/b8-6-,14-12-,20-18-,26-24-,32-30-. The highest BCUT2D eigenvalue weighted by Crippen LogP contribution is 2.33. The number of amides is 1. The highest BCUT2D eigenvalue weighted by Gasteiger charge is 2.53. The summed E-state index contributed by atoms with van der Waals surface area (Å²) in [6, 6.07) is -0.942. The summed E-state index contributed by atoms with van der Waals surface area (Å²) >= 11 is 0. The summed E-state index contributed by atoms with van der Waals surface area (Å²) in [6.45, 7) is 1.57. The maximum Gasteiger partial charge on any atom is 0.224 e. The van der Waals surface area contributed by atoms with Crippen molar-refractivity contribution in [2.24, 2.45) is 0 Å². The minimum Gasteiger partial charge on any atom is -0.394 e. The van der Waals surface area contributed by atoms with E-state index in [0.717, 1.165) is 44.9 Å². The Bertz CT molecular complexity index is 1610. The summed E-state index contributed by atoms with van der Waals surface area (Å²) in [5, 5.41) is 120. The van der Waals surface area contributed by atoms with Crippen molar-refractivity contribution in [2.45, 2.75) is 259 Å². The molecule has 3 aliphatic rings. The molecule has 0 aromatic heterocycles. The molecule has 3 rings (SSSR count). The molecule has 3 aliphatic heterocycles. The van der Waals surface area contributed by atoms with Gasteiger partial charge in [-0.05, 0) is 38.5 Å². The first-order chi connectivity index (χ1) is 36.3. The van der Waals surface area contributed by atoms with Gasteiger partial charge in [0.2, 0.25) is 5.91 Å². The summed E-state index contributed by atoms with van der Waals surface area (Å²) in [4.78, 5) is 13.2. The molecule has 0 saturated carbocycles. The Hall–Kier alpha value is -2.51. The molecule has 3 fully saturated rings. The Morgan fingerprint density at radius 3 is 1.32 bits per heavy atom. The average molecular weight is 1070 g/mol. The van der Waals surface area contributed by atoms with Crippen molar-refractivity contribution in [3.63, 3.8) is 0 Å². The van der Waals surface area contributed by atoms with Crippen LogP contribution < -0.4 is 5.32 Å². The zero-order chi connectivity index (χ0) is 54.8. The minimum absolute atomic E-state index is 0.0319. The maximum atomic E-state index is 13.2. The van der Waals surface area contributed by atoms with Crippen molar-refractivity contribution >= 4 is 5.91 Å². The van der Waals surface area contributed by atoms with E-state index in [-0.39, 0.29) is 18.9 Å². The number of nitrogens with one attached hydrogen (secondary N) is 1. The van der Waals surface area contributed by atoms with Crippen LogP contribution >= 0.6 is 0 Å². The lowest BCUT2D eigenvalue weighted by Gasteiger charge is -2.48. The van der Waals surface area contributed by atoms with Crippen LogP contribution in [0.3, 0.4) is 0 Å². The Morgan fingerprint density at radius 1 is 0.480 bits per heavy atom. The normalized spacial score (nSPS) is 31.7. The van der Waals surface area contributed by atoms with Crippen LogP contribution in [0, 0.1) is 0 Å². The van der Waals surface area contributed by atoms with Crippen LogP contribution in [-0.4, -0.2) is 193 Å². The summed E-state index contributed by atoms with van der Waals surface area (Å²) in [5.74, 6) is -0.373. The zero-order valence-electron chi connectivity index (χ0n) is 44.8. The molecule has 0 aromatic rings. The quantitative estimate of drug-likeness (QED) is 0.0309. The van der Waals surface area contributed by atoms with Gasteiger partial charge in [-0.25, -0.2) is 0 Å². The van der Waals surface area contributed by atoms with E-state index < -0.39 is 124 Å². The number of carbonyl (C=O) groups is 1. The van der Waals surface area contributed by atoms with Gasteiger partial charge in [-0.3, -0.25) is 4.79 Å². The minimum atomic E-state index is -1.98. The van der Waals surface area contributed by atoms with Gasteiger partial charge in [0.25, 0.3) is 0 Å². The van der Waals surface area contributed by atoms with E-state index in [2.05, 4.69) is 61.7 Å². The van der Waals surface area contributed by atoms with Crippen molar-refractivity contribution in [2.75, 3.05) is 26.4 Å². The highest BCUT2D eigenvalue weighted by molar-refractivity contribution is 5.77. The first kappa shape index (κ1) is 66.8. The van der Waals surface area contributed by atoms with Crippen molar-refractivity contribution in [3.05, 3.63) is 60.8 Å². The monoisotopic (exact) mass is 1070 g/mol. The van der Waals surface area contributed by atoms with Crippen LogP contribution in [0.1, 0.15) is 155 Å². The van der Waals surface area contributed by atoms with Gasteiger partial charge in [-0.15, -0.1) is 0 Å². The predicted octanol–water partition coefficient (Wildman–Crippen LogP) is 3.70. The van der Waals surface area contributed by atoms with Crippen LogP contribution in [0.15, 0.2) is 60.8 Å². The first-order valence-corrected chi connectivity index (χ1v) is 28.0. The Morgan fingerprint density at radius 2 is 0.867 bits per heavy atom. The number of rotatable bonds is 39. The molecule has 12 N–H and O–H groups in total. The van der Waals surface area contributed by atoms with Gasteiger partial charge < -0.3 is 89.9 Å². The number of aliphatic hydroxyl groups is 11. The van der Waals surface area contributed by atoms with Crippen LogP contribution in [0.2, 0.25) is 0 Å². The third-order valence-corrected chi connectivity index (χ3v) is 13.9. The third kappa shape index (κ3) is 24.6. The molecular formula is C56H97NO18. The number of ether oxygens (including phenoxy) is 6. The molecule has 0 spiro atoms. The van der Waals surface area contributed by atoms with E-state index in [0.29, 0.717) is 19.3 Å². The van der Waals surface area contributed by atoms with E-state index in [1.807, 2.05) is 12.2 Å². The number of allylic oxidation sites excluding steroid dienone is 9. The van der Waals surface area contributed by atoms with E-state index >= 15 is 0 Å². The lowest BCUT2D eigenvalue weighted by Crippen LogP contribution is -2.66. The van der Waals surface area contributed by atoms with E-state index in [4.69, 9.17) is 28.4 Å². The Kier molecular flexibility index (Phi) is 35.4. The van der Waals surface area contributed by atoms with E-state index in [1.165, 1.54) is 70.6 Å². The lowest BCUT2D eigenvalue weighted by molar-refractivity contribution is -0.379. The fourth-order valence-electron chi connectivity index (χ4n) is 9.26. The van der Waals surface area contributed by atoms with Gasteiger partial charge in [-0.2, -0.15) is 0 Å². The second kappa shape index (κ2) is 39.8. The molecule has 0 aliphatic carbocycles. The molecule has 19 heteroatoms. The summed E-state index contributed by atoms with van der Waals surface area (Å²) in [7, 11) is 0. The van der Waals surface area contributed by atoms with Gasteiger partial charge in [0.1, 0.15) is 73.2 Å². The molecule has 0 aromatic carbocycles. The van der Waals surface area contributed by atoms with Crippen molar-refractivity contribution in [3.8, 4) is 0 Å². The van der Waals surface area contributed by atoms with Crippen LogP contribution in [-0.2, 0) is 33.2 Å². The van der Waals surface area contributed by atoms with Gasteiger partial charge >= 0.3 is 0 Å². The van der Waals surface area contributed by atoms with Gasteiger partial charge in [0.15, 0.2) is 18.9 Å². The molecule has 3 heterocycles. The molecule has 17 unspecified atom stereocenters. The number of hydrogen-bond acceptors (Lipinski definition) is 18. The molecule has 434 valence electrons. The molecular weight excluding hydrogens is 975 g/mol. The van der Waals surface area contributed by atoms with Crippen molar-refractivity contribution in [1.29, 1.82) is 0 Å². The number of aliphatic hydroxyl groups excluding tert-OH is 11. The second-order valence-corrected chi connectivity index (χ2v) is 20.0. The molecule has 19 nitrogen and oxygen atoms in total. The Balaban J connectivity index is 1.55. The third-order valence-electron chi connectivity index (χ3n) is 13.9.